The number of hydrogen-bond donors (Lipinski definition) is 2. The van der Waals surface area contributed by atoms with E-state index in [-0.39, 0.29) is 9.78 Å². The molecule has 3 atom stereocenters. The van der Waals surface area contributed by atoms with Gasteiger partial charge in [0.05, 0.1) is 10.9 Å². The molecule has 2 aromatic rings. The first-order chi connectivity index (χ1) is 12.2. The zero-order valence-corrected chi connectivity index (χ0v) is 14.3. The van der Waals surface area contributed by atoms with E-state index in [9.17, 15) is 27.9 Å². The van der Waals surface area contributed by atoms with Crippen molar-refractivity contribution in [1.29, 1.82) is 0 Å². The van der Waals surface area contributed by atoms with Crippen LogP contribution in [0.1, 0.15) is 21.3 Å². The summed E-state index contributed by atoms with van der Waals surface area (Å²) in [6.45, 7) is 0. The summed E-state index contributed by atoms with van der Waals surface area (Å²) in [5.74, 6) is -2.85. The maximum absolute atomic E-state index is 13.9. The molecule has 1 aliphatic rings. The molecule has 0 unspecified atom stereocenters. The van der Waals surface area contributed by atoms with Gasteiger partial charge in [-0.2, -0.15) is 13.2 Å². The molecule has 1 fully saturated rings. The summed E-state index contributed by atoms with van der Waals surface area (Å²) in [7, 11) is 0.818. The van der Waals surface area contributed by atoms with Crippen molar-refractivity contribution in [3.8, 4) is 0 Å². The van der Waals surface area contributed by atoms with Crippen molar-refractivity contribution in [3.63, 3.8) is 0 Å². The first-order valence-electron chi connectivity index (χ1n) is 7.64. The summed E-state index contributed by atoms with van der Waals surface area (Å²) in [5, 5.41) is 14.6. The summed E-state index contributed by atoms with van der Waals surface area (Å²) >= 11 is 0.976. The minimum Gasteiger partial charge on any atom is -0.363 e. The number of aliphatic hydroxyl groups is 1. The molecule has 2 amide bonds. The number of nitrogens with one attached hydrogen (secondary N) is 1. The van der Waals surface area contributed by atoms with Crippen LogP contribution >= 0.6 is 11.3 Å². The van der Waals surface area contributed by atoms with Crippen molar-refractivity contribution in [2.75, 3.05) is 7.05 Å². The lowest BCUT2D eigenvalue weighted by molar-refractivity contribution is -0.322. The van der Waals surface area contributed by atoms with E-state index in [0.29, 0.717) is 5.56 Å². The van der Waals surface area contributed by atoms with E-state index in [2.05, 4.69) is 5.32 Å². The highest BCUT2D eigenvalue weighted by molar-refractivity contribution is 7.12. The molecule has 0 saturated carbocycles. The molecule has 26 heavy (non-hydrogen) atoms. The van der Waals surface area contributed by atoms with Gasteiger partial charge in [-0.25, -0.2) is 4.79 Å². The summed E-state index contributed by atoms with van der Waals surface area (Å²) in [6.07, 6.45) is -5.23. The van der Waals surface area contributed by atoms with Crippen molar-refractivity contribution < 1.29 is 27.9 Å². The standard InChI is InChI=1S/C17H15F3N2O3S/c1-22-15(24)21-13(10-6-3-2-4-7-10)12(16(22,25)17(18,19)20)14(23)11-8-5-9-26-11/h2-9,12-13,25H,1H3,(H,21,24)/t12-,13-,16+/m1/s1. The van der Waals surface area contributed by atoms with E-state index in [4.69, 9.17) is 0 Å². The van der Waals surface area contributed by atoms with Gasteiger partial charge in [0.25, 0.3) is 5.72 Å². The van der Waals surface area contributed by atoms with E-state index in [1.54, 1.807) is 23.6 Å². The van der Waals surface area contributed by atoms with Gasteiger partial charge in [-0.15, -0.1) is 11.3 Å². The molecule has 1 saturated heterocycles. The van der Waals surface area contributed by atoms with E-state index < -0.39 is 35.7 Å². The van der Waals surface area contributed by atoms with Crippen molar-refractivity contribution in [2.45, 2.75) is 17.9 Å². The number of ketones is 1. The number of halogens is 3. The number of urea groups is 1. The Kier molecular flexibility index (Phi) is 4.53. The van der Waals surface area contributed by atoms with Crippen molar-refractivity contribution in [3.05, 3.63) is 58.3 Å². The third kappa shape index (κ3) is 2.77. The van der Waals surface area contributed by atoms with Gasteiger partial charge >= 0.3 is 12.2 Å². The number of alkyl halides is 3. The number of benzene rings is 1. The lowest BCUT2D eigenvalue weighted by atomic mass is 9.78. The second-order valence-electron chi connectivity index (χ2n) is 5.94. The fraction of sp³-hybridized carbons (Fsp3) is 0.294. The monoisotopic (exact) mass is 384 g/mol. The molecule has 138 valence electrons. The fourth-order valence-electron chi connectivity index (χ4n) is 3.12. The topological polar surface area (TPSA) is 69.6 Å². The molecule has 0 aliphatic carbocycles. The zero-order valence-electron chi connectivity index (χ0n) is 13.5. The molecule has 1 aromatic carbocycles. The summed E-state index contributed by atoms with van der Waals surface area (Å²) in [6, 6.07) is 8.30. The molecule has 5 nitrogen and oxygen atoms in total. The third-order valence-electron chi connectivity index (χ3n) is 4.48. The highest BCUT2D eigenvalue weighted by Gasteiger charge is 2.69. The predicted molar refractivity (Wildman–Crippen MR) is 88.6 cm³/mol. The van der Waals surface area contributed by atoms with Crippen LogP contribution in [0.4, 0.5) is 18.0 Å². The molecule has 1 aromatic heterocycles. The molecule has 1 aliphatic heterocycles. The second kappa shape index (κ2) is 6.40. The molecule has 0 radical (unpaired) electrons. The van der Waals surface area contributed by atoms with Gasteiger partial charge in [0.2, 0.25) is 0 Å². The average Bonchev–Trinajstić information content (AvgIpc) is 3.13. The van der Waals surface area contributed by atoms with Crippen LogP contribution in [0.2, 0.25) is 0 Å². The van der Waals surface area contributed by atoms with E-state index in [1.807, 2.05) is 0 Å². The average molecular weight is 384 g/mol. The van der Waals surface area contributed by atoms with Crippen LogP contribution in [0.5, 0.6) is 0 Å². The van der Waals surface area contributed by atoms with E-state index >= 15 is 0 Å². The quantitative estimate of drug-likeness (QED) is 0.799. The fourth-order valence-corrected chi connectivity index (χ4v) is 3.82. The number of hydrogen-bond acceptors (Lipinski definition) is 4. The SMILES string of the molecule is CN1C(=O)N[C@H](c2ccccc2)[C@H](C(=O)c2cccs2)[C@]1(O)C(F)(F)F. The first kappa shape index (κ1) is 18.4. The van der Waals surface area contributed by atoms with Crippen LogP contribution in [0.3, 0.4) is 0 Å². The zero-order chi connectivity index (χ0) is 19.1. The molecular weight excluding hydrogens is 369 g/mol. The number of rotatable bonds is 3. The number of carbonyl (C=O) groups excluding carboxylic acids is 2. The van der Waals surface area contributed by atoms with Crippen LogP contribution in [0, 0.1) is 5.92 Å². The molecule has 0 spiro atoms. The lowest BCUT2D eigenvalue weighted by Gasteiger charge is -2.49. The van der Waals surface area contributed by atoms with Gasteiger partial charge in [0.1, 0.15) is 5.92 Å². The molecular formula is C17H15F3N2O3S. The van der Waals surface area contributed by atoms with Crippen molar-refractivity contribution in [2.24, 2.45) is 5.92 Å². The Bertz CT molecular complexity index is 810. The highest BCUT2D eigenvalue weighted by Crippen LogP contribution is 2.47. The summed E-state index contributed by atoms with van der Waals surface area (Å²) in [4.78, 5) is 25.3. The first-order valence-corrected chi connectivity index (χ1v) is 8.52. The van der Waals surface area contributed by atoms with E-state index in [1.165, 1.54) is 24.3 Å². The molecule has 2 heterocycles. The largest absolute Gasteiger partial charge is 0.437 e. The molecule has 9 heteroatoms. The lowest BCUT2D eigenvalue weighted by Crippen LogP contribution is -2.72. The van der Waals surface area contributed by atoms with Crippen LogP contribution in [-0.4, -0.2) is 40.8 Å². The van der Waals surface area contributed by atoms with Gasteiger partial charge in [0.15, 0.2) is 5.78 Å². The Balaban J connectivity index is 2.20. The summed E-state index contributed by atoms with van der Waals surface area (Å²) < 4.78 is 41.6. The van der Waals surface area contributed by atoms with Crippen molar-refractivity contribution >= 4 is 23.2 Å². The van der Waals surface area contributed by atoms with Gasteiger partial charge in [-0.05, 0) is 17.0 Å². The minimum absolute atomic E-state index is 0.0724. The Labute approximate surface area is 151 Å². The number of amides is 2. The molecule has 3 rings (SSSR count). The van der Waals surface area contributed by atoms with Crippen molar-refractivity contribution in [1.82, 2.24) is 10.2 Å². The van der Waals surface area contributed by atoms with Gasteiger partial charge in [0, 0.05) is 7.05 Å². The highest BCUT2D eigenvalue weighted by atomic mass is 32.1. The Hall–Kier alpha value is -2.39. The Morgan fingerprint density at radius 2 is 1.88 bits per heavy atom. The van der Waals surface area contributed by atoms with Gasteiger partial charge in [-0.3, -0.25) is 9.69 Å². The van der Waals surface area contributed by atoms with Gasteiger partial charge in [-0.1, -0.05) is 36.4 Å². The van der Waals surface area contributed by atoms with Gasteiger partial charge < -0.3 is 10.4 Å². The maximum atomic E-state index is 13.9. The normalized spacial score (nSPS) is 26.5. The molecule has 0 bridgehead atoms. The number of Topliss-reactive ketones (excluding diaryl/α,β-unsaturated/α-hetero) is 1. The minimum atomic E-state index is -5.23. The third-order valence-corrected chi connectivity index (χ3v) is 5.37. The molecule has 2 N–H and O–H groups in total. The number of nitrogens with zero attached hydrogens (tertiary/aromatic N) is 1. The van der Waals surface area contributed by atoms with E-state index in [0.717, 1.165) is 18.4 Å². The number of thiophene rings is 1. The predicted octanol–water partition coefficient (Wildman–Crippen LogP) is 3.19. The second-order valence-corrected chi connectivity index (χ2v) is 6.89. The van der Waals surface area contributed by atoms with Crippen LogP contribution < -0.4 is 5.32 Å². The smallest absolute Gasteiger partial charge is 0.363 e. The maximum Gasteiger partial charge on any atom is 0.437 e. The van der Waals surface area contributed by atoms with Crippen LogP contribution in [0.15, 0.2) is 47.8 Å². The Morgan fingerprint density at radius 3 is 2.42 bits per heavy atom. The number of carbonyl (C=O) groups is 2. The van der Waals surface area contributed by atoms with Crippen LogP contribution in [-0.2, 0) is 0 Å². The summed E-state index contributed by atoms with van der Waals surface area (Å²) in [5.41, 5.74) is -3.34. The van der Waals surface area contributed by atoms with Crippen LogP contribution in [0.25, 0.3) is 0 Å². The Morgan fingerprint density at radius 1 is 1.23 bits per heavy atom.